The lowest BCUT2D eigenvalue weighted by Gasteiger charge is -2.29. The van der Waals surface area contributed by atoms with Crippen molar-refractivity contribution in [1.82, 2.24) is 5.32 Å². The van der Waals surface area contributed by atoms with Crippen molar-refractivity contribution in [2.24, 2.45) is 0 Å². The van der Waals surface area contributed by atoms with E-state index in [4.69, 9.17) is 9.05 Å². The third-order valence-corrected chi connectivity index (χ3v) is 9.95. The molecule has 2 N–H and O–H groups in total. The standard InChI is InChI=1S/C43H81N2O6P/c1-6-8-10-12-14-16-18-20-21-22-23-24-25-27-29-31-33-35-37-43(47)44-41(40-51-52(48,49)50-39-38-45(3,4)5)42(46)36-34-32-30-28-26-19-17-15-13-11-9-7-2/h13,15,23-24,26,28,34,36,41-42,46H,6-12,14,16-22,25,27,29-33,35,37-40H2,1-5H3,(H-,44,47,48,49)/b15-13+,24-23-,28-26+,36-34+. The number of phosphoric acid groups is 1. The topological polar surface area (TPSA) is 108 Å². The van der Waals surface area contributed by atoms with Gasteiger partial charge in [-0.1, -0.05) is 146 Å². The van der Waals surface area contributed by atoms with Crippen LogP contribution in [0.15, 0.2) is 48.6 Å². The van der Waals surface area contributed by atoms with Crippen molar-refractivity contribution in [2.75, 3.05) is 40.9 Å². The summed E-state index contributed by atoms with van der Waals surface area (Å²) in [5.41, 5.74) is 0. The van der Waals surface area contributed by atoms with Crippen molar-refractivity contribution >= 4 is 13.7 Å². The van der Waals surface area contributed by atoms with Gasteiger partial charge in [-0.15, -0.1) is 0 Å². The van der Waals surface area contributed by atoms with Gasteiger partial charge in [0, 0.05) is 6.42 Å². The second-order valence-corrected chi connectivity index (χ2v) is 16.7. The average Bonchev–Trinajstić information content (AvgIpc) is 3.09. The van der Waals surface area contributed by atoms with Gasteiger partial charge in [0.25, 0.3) is 7.82 Å². The molecule has 0 saturated heterocycles. The monoisotopic (exact) mass is 753 g/mol. The van der Waals surface area contributed by atoms with Crippen LogP contribution in [0, 0.1) is 0 Å². The average molecular weight is 753 g/mol. The van der Waals surface area contributed by atoms with Crippen LogP contribution >= 0.6 is 7.82 Å². The quantitative estimate of drug-likeness (QED) is 0.0283. The van der Waals surface area contributed by atoms with Crippen LogP contribution in [0.3, 0.4) is 0 Å². The van der Waals surface area contributed by atoms with E-state index in [0.29, 0.717) is 17.4 Å². The number of aliphatic hydroxyl groups excluding tert-OH is 1. The Hall–Kier alpha value is -1.54. The van der Waals surface area contributed by atoms with Crippen molar-refractivity contribution in [3.05, 3.63) is 48.6 Å². The van der Waals surface area contributed by atoms with Gasteiger partial charge in [0.15, 0.2) is 0 Å². The number of phosphoric ester groups is 1. The Morgan fingerprint density at radius 1 is 0.654 bits per heavy atom. The summed E-state index contributed by atoms with van der Waals surface area (Å²) < 4.78 is 23.1. The molecule has 3 atom stereocenters. The van der Waals surface area contributed by atoms with Gasteiger partial charge in [-0.3, -0.25) is 9.36 Å². The molecule has 0 aromatic heterocycles. The van der Waals surface area contributed by atoms with E-state index < -0.39 is 26.6 Å². The number of unbranched alkanes of at least 4 members (excludes halogenated alkanes) is 18. The molecule has 0 aromatic carbocycles. The number of quaternary nitrogens is 1. The first-order chi connectivity index (χ1) is 25.0. The van der Waals surface area contributed by atoms with Crippen LogP contribution in [-0.4, -0.2) is 68.5 Å². The number of nitrogens with one attached hydrogen (secondary N) is 1. The number of carbonyl (C=O) groups excluding carboxylic acids is 1. The Kier molecular flexibility index (Phi) is 34.1. The van der Waals surface area contributed by atoms with E-state index in [1.54, 1.807) is 6.08 Å². The summed E-state index contributed by atoms with van der Waals surface area (Å²) in [6.45, 7) is 4.54. The van der Waals surface area contributed by atoms with Gasteiger partial charge in [0.1, 0.15) is 13.2 Å². The third-order valence-electron chi connectivity index (χ3n) is 8.99. The first kappa shape index (κ1) is 50.5. The van der Waals surface area contributed by atoms with Crippen LogP contribution < -0.4 is 10.2 Å². The molecule has 304 valence electrons. The zero-order chi connectivity index (χ0) is 38.6. The second-order valence-electron chi connectivity index (χ2n) is 15.3. The van der Waals surface area contributed by atoms with Crippen molar-refractivity contribution in [2.45, 2.75) is 180 Å². The maximum Gasteiger partial charge on any atom is 0.268 e. The van der Waals surface area contributed by atoms with Gasteiger partial charge in [-0.25, -0.2) is 0 Å². The molecule has 9 heteroatoms. The molecule has 0 fully saturated rings. The maximum absolute atomic E-state index is 12.8. The molecular weight excluding hydrogens is 671 g/mol. The molecule has 0 bridgehead atoms. The van der Waals surface area contributed by atoms with Crippen LogP contribution in [-0.2, 0) is 18.4 Å². The number of allylic oxidation sites excluding steroid dienone is 7. The molecular formula is C43H81N2O6P. The van der Waals surface area contributed by atoms with Gasteiger partial charge >= 0.3 is 0 Å². The van der Waals surface area contributed by atoms with Gasteiger partial charge in [-0.05, 0) is 64.2 Å². The summed E-state index contributed by atoms with van der Waals surface area (Å²) in [7, 11) is 1.22. The highest BCUT2D eigenvalue weighted by Gasteiger charge is 2.23. The van der Waals surface area contributed by atoms with E-state index >= 15 is 0 Å². The number of hydrogen-bond acceptors (Lipinski definition) is 6. The van der Waals surface area contributed by atoms with E-state index in [0.717, 1.165) is 70.6 Å². The molecule has 0 aromatic rings. The van der Waals surface area contributed by atoms with Gasteiger partial charge in [-0.2, -0.15) is 0 Å². The zero-order valence-corrected chi connectivity index (χ0v) is 35.1. The lowest BCUT2D eigenvalue weighted by atomic mass is 10.1. The summed E-state index contributed by atoms with van der Waals surface area (Å²) >= 11 is 0. The smallest absolute Gasteiger partial charge is 0.268 e. The molecule has 1 amide bonds. The largest absolute Gasteiger partial charge is 0.756 e. The van der Waals surface area contributed by atoms with E-state index in [1.807, 2.05) is 27.2 Å². The minimum absolute atomic E-state index is 0.0118. The van der Waals surface area contributed by atoms with Crippen molar-refractivity contribution in [3.8, 4) is 0 Å². The molecule has 3 unspecified atom stereocenters. The van der Waals surface area contributed by atoms with Crippen LogP contribution in [0.2, 0.25) is 0 Å². The second kappa shape index (κ2) is 35.2. The van der Waals surface area contributed by atoms with Crippen molar-refractivity contribution in [1.29, 1.82) is 0 Å². The molecule has 52 heavy (non-hydrogen) atoms. The number of likely N-dealkylation sites (N-methyl/N-ethyl adjacent to an activating group) is 1. The minimum Gasteiger partial charge on any atom is -0.756 e. The molecule has 8 nitrogen and oxygen atoms in total. The van der Waals surface area contributed by atoms with Crippen LogP contribution in [0.4, 0.5) is 0 Å². The molecule has 0 radical (unpaired) electrons. The fraction of sp³-hybridized carbons (Fsp3) is 0.791. The van der Waals surface area contributed by atoms with Crippen LogP contribution in [0.5, 0.6) is 0 Å². The van der Waals surface area contributed by atoms with Gasteiger partial charge in [0.2, 0.25) is 5.91 Å². The fourth-order valence-electron chi connectivity index (χ4n) is 5.57. The summed E-state index contributed by atoms with van der Waals surface area (Å²) in [4.78, 5) is 25.2. The van der Waals surface area contributed by atoms with Crippen molar-refractivity contribution in [3.63, 3.8) is 0 Å². The summed E-state index contributed by atoms with van der Waals surface area (Å²) in [6.07, 6.45) is 43.0. The highest BCUT2D eigenvalue weighted by Crippen LogP contribution is 2.38. The predicted octanol–water partition coefficient (Wildman–Crippen LogP) is 10.7. The number of aliphatic hydroxyl groups is 1. The maximum atomic E-state index is 12.8. The number of carbonyl (C=O) groups is 1. The Balaban J connectivity index is 4.49. The Morgan fingerprint density at radius 2 is 1.10 bits per heavy atom. The van der Waals surface area contributed by atoms with Crippen LogP contribution in [0.25, 0.3) is 0 Å². The van der Waals surface area contributed by atoms with E-state index in [9.17, 15) is 19.4 Å². The highest BCUT2D eigenvalue weighted by atomic mass is 31.2. The first-order valence-electron chi connectivity index (χ1n) is 21.0. The predicted molar refractivity (Wildman–Crippen MR) is 219 cm³/mol. The molecule has 0 heterocycles. The number of amides is 1. The number of hydrogen-bond donors (Lipinski definition) is 2. The third kappa shape index (κ3) is 36.8. The molecule has 0 rings (SSSR count). The summed E-state index contributed by atoms with van der Waals surface area (Å²) in [5.74, 6) is -0.223. The summed E-state index contributed by atoms with van der Waals surface area (Å²) in [5, 5.41) is 13.7. The minimum atomic E-state index is -4.60. The lowest BCUT2D eigenvalue weighted by Crippen LogP contribution is -2.45. The normalized spacial score (nSPS) is 15.0. The molecule has 0 aliphatic rings. The van der Waals surface area contributed by atoms with Crippen LogP contribution in [0.1, 0.15) is 168 Å². The number of nitrogens with zero attached hydrogens (tertiary/aromatic N) is 1. The Labute approximate surface area is 320 Å². The molecule has 0 aliphatic carbocycles. The summed E-state index contributed by atoms with van der Waals surface area (Å²) in [6, 6.07) is -0.912. The molecule has 0 saturated carbocycles. The van der Waals surface area contributed by atoms with Gasteiger partial charge < -0.3 is 28.8 Å². The molecule has 0 aliphatic heterocycles. The van der Waals surface area contributed by atoms with Gasteiger partial charge in [0.05, 0.1) is 39.9 Å². The van der Waals surface area contributed by atoms with Crippen molar-refractivity contribution < 1.29 is 32.9 Å². The highest BCUT2D eigenvalue weighted by molar-refractivity contribution is 7.45. The zero-order valence-electron chi connectivity index (χ0n) is 34.2. The van der Waals surface area contributed by atoms with E-state index in [-0.39, 0.29) is 12.5 Å². The molecule has 0 spiro atoms. The van der Waals surface area contributed by atoms with E-state index in [2.05, 4.69) is 55.6 Å². The lowest BCUT2D eigenvalue weighted by molar-refractivity contribution is -0.870. The Bertz CT molecular complexity index is 991. The number of rotatable bonds is 37. The SMILES string of the molecule is CCCC/C=C/CC/C=C/CC/C=C/C(O)C(COP(=O)([O-])OCC[N+](C)(C)C)NC(=O)CCCCCCC/C=C\CCCCCCCCCCC. The van der Waals surface area contributed by atoms with E-state index in [1.165, 1.54) is 77.0 Å². The fourth-order valence-corrected chi connectivity index (χ4v) is 6.30. The first-order valence-corrected chi connectivity index (χ1v) is 22.5. The Morgan fingerprint density at radius 3 is 1.62 bits per heavy atom.